The van der Waals surface area contributed by atoms with Crippen molar-refractivity contribution in [3.05, 3.63) is 28.2 Å². The zero-order valence-corrected chi connectivity index (χ0v) is 14.2. The Morgan fingerprint density at radius 3 is 2.60 bits per heavy atom. The van der Waals surface area contributed by atoms with Gasteiger partial charge in [-0.1, -0.05) is 37.0 Å². The van der Waals surface area contributed by atoms with Gasteiger partial charge in [0.1, 0.15) is 5.54 Å². The van der Waals surface area contributed by atoms with Gasteiger partial charge in [-0.25, -0.2) is 0 Å². The molecule has 0 spiro atoms. The molecule has 0 saturated heterocycles. The van der Waals surface area contributed by atoms with E-state index in [1.807, 2.05) is 25.1 Å². The first-order valence-electron chi connectivity index (χ1n) is 6.81. The van der Waals surface area contributed by atoms with Crippen molar-refractivity contribution in [2.24, 2.45) is 0 Å². The Morgan fingerprint density at radius 1 is 1.30 bits per heavy atom. The Balaban J connectivity index is 2.44. The average molecular weight is 331 g/mol. The van der Waals surface area contributed by atoms with E-state index in [4.69, 9.17) is 23.2 Å². The SMILES string of the molecule is CCNC(C#N)(CC)CCCSc1ccc(Cl)c(Cl)c1. The number of hydrogen-bond acceptors (Lipinski definition) is 3. The lowest BCUT2D eigenvalue weighted by Gasteiger charge is -2.25. The molecular weight excluding hydrogens is 311 g/mol. The maximum absolute atomic E-state index is 9.34. The summed E-state index contributed by atoms with van der Waals surface area (Å²) in [5.74, 6) is 0.965. The van der Waals surface area contributed by atoms with Gasteiger partial charge in [0.15, 0.2) is 0 Å². The monoisotopic (exact) mass is 330 g/mol. The first kappa shape index (κ1) is 17.7. The van der Waals surface area contributed by atoms with Crippen LogP contribution in [0.15, 0.2) is 23.1 Å². The minimum Gasteiger partial charge on any atom is -0.300 e. The maximum atomic E-state index is 9.34. The second-order valence-electron chi connectivity index (χ2n) is 4.61. The molecule has 0 radical (unpaired) electrons. The molecule has 0 fully saturated rings. The summed E-state index contributed by atoms with van der Waals surface area (Å²) < 4.78 is 0. The fourth-order valence-corrected chi connectivity index (χ4v) is 3.29. The summed E-state index contributed by atoms with van der Waals surface area (Å²) in [7, 11) is 0. The fourth-order valence-electron chi connectivity index (χ4n) is 2.03. The normalized spacial score (nSPS) is 13.8. The number of benzene rings is 1. The Hall–Kier alpha value is -0.400. The molecule has 5 heteroatoms. The van der Waals surface area contributed by atoms with E-state index in [2.05, 4.69) is 18.3 Å². The second kappa shape index (κ2) is 8.79. The van der Waals surface area contributed by atoms with Gasteiger partial charge in [0.2, 0.25) is 0 Å². The van der Waals surface area contributed by atoms with Crippen LogP contribution in [-0.2, 0) is 0 Å². The molecule has 1 atom stereocenters. The summed E-state index contributed by atoms with van der Waals surface area (Å²) in [6, 6.07) is 8.10. The molecule has 0 aliphatic heterocycles. The van der Waals surface area contributed by atoms with Gasteiger partial charge in [-0.3, -0.25) is 5.32 Å². The van der Waals surface area contributed by atoms with Crippen LogP contribution < -0.4 is 5.32 Å². The third-order valence-corrected chi connectivity index (χ3v) is 5.06. The van der Waals surface area contributed by atoms with Crippen molar-refractivity contribution >= 4 is 35.0 Å². The summed E-state index contributed by atoms with van der Waals surface area (Å²) in [6.07, 6.45) is 2.68. The van der Waals surface area contributed by atoms with E-state index in [0.717, 1.165) is 36.5 Å². The van der Waals surface area contributed by atoms with Crippen molar-refractivity contribution in [2.75, 3.05) is 12.3 Å². The molecule has 0 aliphatic carbocycles. The minimum absolute atomic E-state index is 0.382. The van der Waals surface area contributed by atoms with Crippen LogP contribution in [0.5, 0.6) is 0 Å². The molecule has 0 aliphatic rings. The molecule has 0 aromatic heterocycles. The molecule has 0 bridgehead atoms. The van der Waals surface area contributed by atoms with Crippen LogP contribution >= 0.6 is 35.0 Å². The van der Waals surface area contributed by atoms with Gasteiger partial charge >= 0.3 is 0 Å². The van der Waals surface area contributed by atoms with Crippen molar-refractivity contribution in [1.29, 1.82) is 5.26 Å². The van der Waals surface area contributed by atoms with Gasteiger partial charge in [-0.15, -0.1) is 11.8 Å². The van der Waals surface area contributed by atoms with E-state index in [9.17, 15) is 5.26 Å². The quantitative estimate of drug-likeness (QED) is 0.529. The third-order valence-electron chi connectivity index (χ3n) is 3.24. The predicted octanol–water partition coefficient (Wildman–Crippen LogP) is 5.15. The van der Waals surface area contributed by atoms with Gasteiger partial charge in [0.05, 0.1) is 16.1 Å². The highest BCUT2D eigenvalue weighted by Gasteiger charge is 2.25. The van der Waals surface area contributed by atoms with Gasteiger partial charge in [0.25, 0.3) is 0 Å². The van der Waals surface area contributed by atoms with Crippen molar-refractivity contribution < 1.29 is 0 Å². The van der Waals surface area contributed by atoms with Crippen LogP contribution in [0.25, 0.3) is 0 Å². The number of nitrogens with zero attached hydrogens (tertiary/aromatic N) is 1. The first-order chi connectivity index (χ1) is 9.56. The lowest BCUT2D eigenvalue weighted by molar-refractivity contribution is 0.379. The van der Waals surface area contributed by atoms with E-state index in [1.54, 1.807) is 11.8 Å². The van der Waals surface area contributed by atoms with Crippen molar-refractivity contribution in [3.63, 3.8) is 0 Å². The van der Waals surface area contributed by atoms with Crippen LogP contribution in [0.3, 0.4) is 0 Å². The Bertz CT molecular complexity index is 473. The molecule has 1 N–H and O–H groups in total. The van der Waals surface area contributed by atoms with Crippen molar-refractivity contribution in [2.45, 2.75) is 43.5 Å². The highest BCUT2D eigenvalue weighted by atomic mass is 35.5. The highest BCUT2D eigenvalue weighted by Crippen LogP contribution is 2.29. The zero-order valence-electron chi connectivity index (χ0n) is 11.9. The Labute approximate surface area is 135 Å². The lowest BCUT2D eigenvalue weighted by atomic mass is 9.92. The Kier molecular flexibility index (Phi) is 7.76. The van der Waals surface area contributed by atoms with Crippen LogP contribution in [0.2, 0.25) is 10.0 Å². The smallest absolute Gasteiger partial charge is 0.106 e. The standard InChI is InChI=1S/C15H20Cl2N2S/c1-3-15(11-18,19-4-2)8-5-9-20-12-6-7-13(16)14(17)10-12/h6-7,10,19H,3-5,8-9H2,1-2H3. The van der Waals surface area contributed by atoms with E-state index in [-0.39, 0.29) is 5.54 Å². The molecule has 0 amide bonds. The van der Waals surface area contributed by atoms with Crippen LogP contribution in [0.1, 0.15) is 33.1 Å². The van der Waals surface area contributed by atoms with E-state index in [1.165, 1.54) is 0 Å². The number of nitrogens with one attached hydrogen (secondary N) is 1. The molecule has 110 valence electrons. The number of thioether (sulfide) groups is 1. The van der Waals surface area contributed by atoms with Crippen LogP contribution in [-0.4, -0.2) is 17.8 Å². The molecule has 1 rings (SSSR count). The number of hydrogen-bond donors (Lipinski definition) is 1. The molecule has 2 nitrogen and oxygen atoms in total. The predicted molar refractivity (Wildman–Crippen MR) is 88.7 cm³/mol. The fraction of sp³-hybridized carbons (Fsp3) is 0.533. The highest BCUT2D eigenvalue weighted by molar-refractivity contribution is 7.99. The first-order valence-corrected chi connectivity index (χ1v) is 8.55. The molecule has 0 heterocycles. The van der Waals surface area contributed by atoms with E-state index in [0.29, 0.717) is 10.0 Å². The van der Waals surface area contributed by atoms with Crippen LogP contribution in [0, 0.1) is 11.3 Å². The topological polar surface area (TPSA) is 35.8 Å². The summed E-state index contributed by atoms with van der Waals surface area (Å²) in [6.45, 7) is 4.91. The number of nitriles is 1. The average Bonchev–Trinajstić information content (AvgIpc) is 2.46. The van der Waals surface area contributed by atoms with Crippen LogP contribution in [0.4, 0.5) is 0 Å². The van der Waals surface area contributed by atoms with Gasteiger partial charge in [-0.2, -0.15) is 5.26 Å². The molecule has 0 saturated carbocycles. The summed E-state index contributed by atoms with van der Waals surface area (Å²) in [5, 5.41) is 13.8. The van der Waals surface area contributed by atoms with E-state index >= 15 is 0 Å². The van der Waals surface area contributed by atoms with Gasteiger partial charge in [0, 0.05) is 4.90 Å². The Morgan fingerprint density at radius 2 is 2.05 bits per heavy atom. The summed E-state index contributed by atoms with van der Waals surface area (Å²) >= 11 is 13.6. The van der Waals surface area contributed by atoms with Crippen molar-refractivity contribution in [1.82, 2.24) is 5.32 Å². The zero-order chi connectivity index (χ0) is 15.0. The minimum atomic E-state index is -0.382. The number of halogens is 2. The van der Waals surface area contributed by atoms with Gasteiger partial charge < -0.3 is 0 Å². The lowest BCUT2D eigenvalue weighted by Crippen LogP contribution is -2.43. The van der Waals surface area contributed by atoms with Gasteiger partial charge in [-0.05, 0) is 49.8 Å². The van der Waals surface area contributed by atoms with Crippen molar-refractivity contribution in [3.8, 4) is 6.07 Å². The summed E-state index contributed by atoms with van der Waals surface area (Å²) in [5.41, 5.74) is -0.382. The largest absolute Gasteiger partial charge is 0.300 e. The second-order valence-corrected chi connectivity index (χ2v) is 6.59. The number of rotatable bonds is 8. The molecule has 20 heavy (non-hydrogen) atoms. The molecule has 1 unspecified atom stereocenters. The molecule has 1 aromatic rings. The molecule has 1 aromatic carbocycles. The van der Waals surface area contributed by atoms with E-state index < -0.39 is 0 Å². The molecular formula is C15H20Cl2N2S. The third kappa shape index (κ3) is 5.18. The maximum Gasteiger partial charge on any atom is 0.106 e. The summed E-state index contributed by atoms with van der Waals surface area (Å²) in [4.78, 5) is 1.11.